The number of ketones is 1. The second-order valence-corrected chi connectivity index (χ2v) is 8.71. The molecule has 2 aromatic carbocycles. The lowest BCUT2D eigenvalue weighted by Crippen LogP contribution is -2.36. The molecule has 37 heavy (non-hydrogen) atoms. The standard InChI is InChI=1S/C27H23FN6O3/c28-24-20(10-11-22(29-24)34-12-14-36-15-13-34)26-32-33-27(37-26)31-25-21(35)16-18-8-4-5-9-19(18)23(30-25)17-6-2-1-3-7-17/h1-11,25H,12-16H2,(H,31,33). The van der Waals surface area contributed by atoms with Gasteiger partial charge in [0.25, 0.3) is 5.89 Å². The van der Waals surface area contributed by atoms with Gasteiger partial charge in [-0.05, 0) is 17.7 Å². The van der Waals surface area contributed by atoms with Crippen LogP contribution >= 0.6 is 0 Å². The smallest absolute Gasteiger partial charge is 0.317 e. The average molecular weight is 499 g/mol. The Balaban J connectivity index is 1.27. The molecule has 2 aliphatic rings. The van der Waals surface area contributed by atoms with Crippen LogP contribution in [0.3, 0.4) is 0 Å². The maximum Gasteiger partial charge on any atom is 0.317 e. The van der Waals surface area contributed by atoms with Gasteiger partial charge in [0.1, 0.15) is 5.82 Å². The molecule has 1 fully saturated rings. The number of nitrogens with one attached hydrogen (secondary N) is 1. The molecule has 6 rings (SSSR count). The highest BCUT2D eigenvalue weighted by Crippen LogP contribution is 2.27. The summed E-state index contributed by atoms with van der Waals surface area (Å²) in [6.07, 6.45) is -0.765. The Morgan fingerprint density at radius 3 is 2.51 bits per heavy atom. The van der Waals surface area contributed by atoms with Crippen LogP contribution in [0.2, 0.25) is 0 Å². The minimum absolute atomic E-state index is 0.0351. The normalized spacial score (nSPS) is 17.6. The number of Topliss-reactive ketones (excluding diaryl/α,β-unsaturated/α-hetero) is 1. The first-order chi connectivity index (χ1) is 18.2. The Kier molecular flexibility index (Phi) is 6.15. The molecule has 2 aliphatic heterocycles. The fourth-order valence-corrected chi connectivity index (χ4v) is 4.46. The molecule has 0 amide bonds. The Morgan fingerprint density at radius 1 is 0.919 bits per heavy atom. The predicted octanol–water partition coefficient (Wildman–Crippen LogP) is 3.51. The number of nitrogens with zero attached hydrogens (tertiary/aromatic N) is 5. The molecule has 1 unspecified atom stereocenters. The molecule has 1 N–H and O–H groups in total. The first-order valence-electron chi connectivity index (χ1n) is 12.0. The van der Waals surface area contributed by atoms with E-state index in [4.69, 9.17) is 14.1 Å². The van der Waals surface area contributed by atoms with Gasteiger partial charge in [0.2, 0.25) is 5.95 Å². The lowest BCUT2D eigenvalue weighted by atomic mass is 9.96. The molecule has 0 radical (unpaired) electrons. The van der Waals surface area contributed by atoms with Gasteiger partial charge in [0.15, 0.2) is 11.9 Å². The molecule has 186 valence electrons. The number of ether oxygens (including phenoxy) is 1. The lowest BCUT2D eigenvalue weighted by molar-refractivity contribution is -0.119. The Labute approximate surface area is 212 Å². The molecular formula is C27H23FN6O3. The maximum absolute atomic E-state index is 14.9. The summed E-state index contributed by atoms with van der Waals surface area (Å²) in [5, 5.41) is 10.9. The zero-order valence-electron chi connectivity index (χ0n) is 19.8. The van der Waals surface area contributed by atoms with Crippen molar-refractivity contribution in [1.29, 1.82) is 0 Å². The first kappa shape index (κ1) is 23.0. The number of aromatic nitrogens is 3. The van der Waals surface area contributed by atoms with Gasteiger partial charge in [-0.2, -0.15) is 4.39 Å². The summed E-state index contributed by atoms with van der Waals surface area (Å²) in [5.74, 6) is -0.392. The fourth-order valence-electron chi connectivity index (χ4n) is 4.46. The highest BCUT2D eigenvalue weighted by molar-refractivity contribution is 6.16. The zero-order chi connectivity index (χ0) is 25.2. The van der Waals surface area contributed by atoms with E-state index in [0.717, 1.165) is 16.7 Å². The minimum atomic E-state index is -0.956. The first-order valence-corrected chi connectivity index (χ1v) is 12.0. The van der Waals surface area contributed by atoms with E-state index >= 15 is 0 Å². The van der Waals surface area contributed by atoms with Crippen molar-refractivity contribution in [3.63, 3.8) is 0 Å². The highest BCUT2D eigenvalue weighted by Gasteiger charge is 2.27. The van der Waals surface area contributed by atoms with Crippen LogP contribution in [0.5, 0.6) is 0 Å². The molecule has 9 nitrogen and oxygen atoms in total. The van der Waals surface area contributed by atoms with E-state index in [1.165, 1.54) is 0 Å². The van der Waals surface area contributed by atoms with Gasteiger partial charge < -0.3 is 19.4 Å². The number of benzene rings is 2. The number of hydrogen-bond acceptors (Lipinski definition) is 9. The summed E-state index contributed by atoms with van der Waals surface area (Å²) >= 11 is 0. The van der Waals surface area contributed by atoms with Crippen LogP contribution in [0.1, 0.15) is 16.7 Å². The molecule has 0 aliphatic carbocycles. The number of halogens is 1. The maximum atomic E-state index is 14.9. The Bertz CT molecular complexity index is 1470. The molecule has 0 saturated carbocycles. The molecule has 4 heterocycles. The highest BCUT2D eigenvalue weighted by atomic mass is 19.1. The van der Waals surface area contributed by atoms with E-state index in [1.807, 2.05) is 59.5 Å². The third kappa shape index (κ3) is 4.70. The zero-order valence-corrected chi connectivity index (χ0v) is 19.8. The number of anilines is 2. The fraction of sp³-hybridized carbons (Fsp3) is 0.222. The van der Waals surface area contributed by atoms with E-state index in [2.05, 4.69) is 20.5 Å². The van der Waals surface area contributed by atoms with Gasteiger partial charge in [-0.3, -0.25) is 9.79 Å². The Morgan fingerprint density at radius 2 is 1.70 bits per heavy atom. The summed E-state index contributed by atoms with van der Waals surface area (Å²) in [7, 11) is 0. The van der Waals surface area contributed by atoms with Crippen molar-refractivity contribution < 1.29 is 18.3 Å². The number of carbonyl (C=O) groups is 1. The number of carbonyl (C=O) groups excluding carboxylic acids is 1. The van der Waals surface area contributed by atoms with Crippen molar-refractivity contribution in [1.82, 2.24) is 15.2 Å². The summed E-state index contributed by atoms with van der Waals surface area (Å²) in [6, 6.07) is 20.6. The van der Waals surface area contributed by atoms with E-state index in [1.54, 1.807) is 12.1 Å². The molecular weight excluding hydrogens is 475 g/mol. The third-order valence-electron chi connectivity index (χ3n) is 6.33. The van der Waals surface area contributed by atoms with Crippen molar-refractivity contribution in [3.8, 4) is 11.5 Å². The van der Waals surface area contributed by atoms with Gasteiger partial charge in [0.05, 0.1) is 24.5 Å². The van der Waals surface area contributed by atoms with E-state index < -0.39 is 12.1 Å². The number of aliphatic imine (C=N–C) groups is 1. The lowest BCUT2D eigenvalue weighted by Gasteiger charge is -2.27. The molecule has 0 bridgehead atoms. The van der Waals surface area contributed by atoms with Crippen LogP contribution < -0.4 is 10.2 Å². The second kappa shape index (κ2) is 9.90. The van der Waals surface area contributed by atoms with Gasteiger partial charge in [-0.1, -0.05) is 59.7 Å². The minimum Gasteiger partial charge on any atom is -0.403 e. The van der Waals surface area contributed by atoms with Crippen LogP contribution in [0, 0.1) is 5.95 Å². The summed E-state index contributed by atoms with van der Waals surface area (Å²) < 4.78 is 25.9. The molecule has 4 aromatic rings. The number of rotatable bonds is 5. The number of morpholine rings is 1. The quantitative estimate of drug-likeness (QED) is 0.417. The van der Waals surface area contributed by atoms with Crippen molar-refractivity contribution in [2.24, 2.45) is 4.99 Å². The molecule has 10 heteroatoms. The Hall–Kier alpha value is -4.44. The topological polar surface area (TPSA) is 106 Å². The van der Waals surface area contributed by atoms with Crippen molar-refractivity contribution >= 4 is 23.3 Å². The third-order valence-corrected chi connectivity index (χ3v) is 6.33. The van der Waals surface area contributed by atoms with Gasteiger partial charge in [-0.25, -0.2) is 4.98 Å². The van der Waals surface area contributed by atoms with Crippen molar-refractivity contribution in [3.05, 3.63) is 89.4 Å². The summed E-state index contributed by atoms with van der Waals surface area (Å²) in [6.45, 7) is 2.43. The van der Waals surface area contributed by atoms with Gasteiger partial charge in [0, 0.05) is 30.6 Å². The molecule has 1 atom stereocenters. The van der Waals surface area contributed by atoms with E-state index in [-0.39, 0.29) is 29.7 Å². The molecule has 2 aromatic heterocycles. The van der Waals surface area contributed by atoms with Crippen LogP contribution in [-0.4, -0.2) is 59.1 Å². The van der Waals surface area contributed by atoms with Gasteiger partial charge in [-0.15, -0.1) is 5.10 Å². The number of hydrogen-bond donors (Lipinski definition) is 1. The summed E-state index contributed by atoms with van der Waals surface area (Å²) in [4.78, 5) is 23.9. The molecule has 1 saturated heterocycles. The molecule has 0 spiro atoms. The van der Waals surface area contributed by atoms with Crippen molar-refractivity contribution in [2.45, 2.75) is 12.6 Å². The van der Waals surface area contributed by atoms with Crippen molar-refractivity contribution in [2.75, 3.05) is 36.5 Å². The second-order valence-electron chi connectivity index (χ2n) is 8.71. The van der Waals surface area contributed by atoms with E-state index in [0.29, 0.717) is 37.8 Å². The monoisotopic (exact) mass is 498 g/mol. The average Bonchev–Trinajstić information content (AvgIpc) is 3.35. The summed E-state index contributed by atoms with van der Waals surface area (Å²) in [5.41, 5.74) is 3.43. The van der Waals surface area contributed by atoms with E-state index in [9.17, 15) is 9.18 Å². The van der Waals surface area contributed by atoms with Crippen LogP contribution in [0.4, 0.5) is 16.2 Å². The number of pyridine rings is 1. The van der Waals surface area contributed by atoms with Crippen LogP contribution in [0.15, 0.2) is 76.1 Å². The largest absolute Gasteiger partial charge is 0.403 e. The number of fused-ring (bicyclic) bond motifs is 1. The SMILES string of the molecule is O=C1Cc2ccccc2C(c2ccccc2)=NC1Nc1nnc(-c2ccc(N3CCOCC3)nc2F)o1. The van der Waals surface area contributed by atoms with Crippen LogP contribution in [0.25, 0.3) is 11.5 Å². The van der Waals surface area contributed by atoms with Gasteiger partial charge >= 0.3 is 6.01 Å². The van der Waals surface area contributed by atoms with Crippen LogP contribution in [-0.2, 0) is 16.0 Å². The predicted molar refractivity (Wildman–Crippen MR) is 135 cm³/mol.